The highest BCUT2D eigenvalue weighted by molar-refractivity contribution is 5.97. The van der Waals surface area contributed by atoms with E-state index in [1.807, 2.05) is 52.0 Å². The highest BCUT2D eigenvalue weighted by Gasteiger charge is 2.24. The molecule has 0 saturated heterocycles. The van der Waals surface area contributed by atoms with Gasteiger partial charge in [0.15, 0.2) is 0 Å². The average molecular weight is 377 g/mol. The molecule has 1 unspecified atom stereocenters. The van der Waals surface area contributed by atoms with Gasteiger partial charge in [0, 0.05) is 18.7 Å². The number of rotatable bonds is 9. The zero-order valence-corrected chi connectivity index (χ0v) is 17.9. The molecule has 152 valence electrons. The molecule has 27 heavy (non-hydrogen) atoms. The molecule has 0 fully saturated rings. The van der Waals surface area contributed by atoms with Crippen LogP contribution in [0.3, 0.4) is 0 Å². The lowest BCUT2D eigenvalue weighted by molar-refractivity contribution is -0.124. The maximum absolute atomic E-state index is 12.6. The third kappa shape index (κ3) is 8.12. The van der Waals surface area contributed by atoms with Crippen molar-refractivity contribution in [2.75, 3.05) is 13.2 Å². The smallest absolute Gasteiger partial charge is 0.251 e. The number of carbonyl (C=O) groups is 2. The lowest BCUT2D eigenvalue weighted by Crippen LogP contribution is -2.50. The maximum atomic E-state index is 12.6. The summed E-state index contributed by atoms with van der Waals surface area (Å²) in [5.74, 6) is -0.392. The Morgan fingerprint density at radius 3 is 2.11 bits per heavy atom. The highest BCUT2D eigenvalue weighted by Crippen LogP contribution is 2.22. The summed E-state index contributed by atoms with van der Waals surface area (Å²) in [5, 5.41) is 5.76. The monoisotopic (exact) mass is 376 g/mol. The second kappa shape index (κ2) is 10.5. The van der Waals surface area contributed by atoms with Crippen LogP contribution in [0.25, 0.3) is 0 Å². The van der Waals surface area contributed by atoms with Crippen molar-refractivity contribution < 1.29 is 14.3 Å². The molecular formula is C22H36N2O3. The number of benzene rings is 1. The molecule has 5 nitrogen and oxygen atoms in total. The minimum Gasteiger partial charge on any atom is -0.379 e. The Balaban J connectivity index is 2.62. The molecule has 0 spiro atoms. The van der Waals surface area contributed by atoms with E-state index in [-0.39, 0.29) is 29.3 Å². The molecule has 1 rings (SSSR count). The number of nitrogens with one attached hydrogen (secondary N) is 2. The Hall–Kier alpha value is -1.88. The number of carbonyl (C=O) groups excluding carboxylic acids is 2. The van der Waals surface area contributed by atoms with Gasteiger partial charge in [-0.05, 0) is 49.3 Å². The molecule has 0 aliphatic carbocycles. The summed E-state index contributed by atoms with van der Waals surface area (Å²) in [5.41, 5.74) is 1.77. The van der Waals surface area contributed by atoms with E-state index in [1.54, 1.807) is 0 Å². The van der Waals surface area contributed by atoms with Gasteiger partial charge in [0.25, 0.3) is 5.91 Å². The standard InChI is InChI=1S/C22H36N2O3/c1-15(2)19(21(26)23-13-8-14-27-16(3)4)24-20(25)17-9-11-18(12-10-17)22(5,6)7/h9-12,15-16,19H,8,13-14H2,1-7H3,(H,23,26)(H,24,25). The van der Waals surface area contributed by atoms with Crippen molar-refractivity contribution in [3.63, 3.8) is 0 Å². The lowest BCUT2D eigenvalue weighted by Gasteiger charge is -2.22. The first kappa shape index (κ1) is 23.2. The fourth-order valence-corrected chi connectivity index (χ4v) is 2.59. The van der Waals surface area contributed by atoms with E-state index in [9.17, 15) is 9.59 Å². The summed E-state index contributed by atoms with van der Waals surface area (Å²) in [7, 11) is 0. The van der Waals surface area contributed by atoms with Gasteiger partial charge in [0.2, 0.25) is 5.91 Å². The maximum Gasteiger partial charge on any atom is 0.251 e. The van der Waals surface area contributed by atoms with Crippen LogP contribution < -0.4 is 10.6 Å². The molecule has 0 radical (unpaired) electrons. The van der Waals surface area contributed by atoms with Gasteiger partial charge in [0.1, 0.15) is 6.04 Å². The Morgan fingerprint density at radius 1 is 1.04 bits per heavy atom. The van der Waals surface area contributed by atoms with E-state index in [1.165, 1.54) is 5.56 Å². The summed E-state index contributed by atoms with van der Waals surface area (Å²) in [4.78, 5) is 25.0. The van der Waals surface area contributed by atoms with Crippen molar-refractivity contribution >= 4 is 11.8 Å². The Labute approximate surface area is 164 Å². The molecule has 1 aromatic rings. The fourth-order valence-electron chi connectivity index (χ4n) is 2.59. The predicted molar refractivity (Wildman–Crippen MR) is 110 cm³/mol. The third-order valence-corrected chi connectivity index (χ3v) is 4.32. The summed E-state index contributed by atoms with van der Waals surface area (Å²) in [6, 6.07) is 7.00. The normalized spacial score (nSPS) is 12.9. The van der Waals surface area contributed by atoms with Crippen LogP contribution in [0.1, 0.15) is 70.8 Å². The van der Waals surface area contributed by atoms with E-state index < -0.39 is 6.04 Å². The van der Waals surface area contributed by atoms with E-state index in [0.29, 0.717) is 18.7 Å². The Morgan fingerprint density at radius 2 is 1.63 bits per heavy atom. The highest BCUT2D eigenvalue weighted by atomic mass is 16.5. The molecule has 2 N–H and O–H groups in total. The molecular weight excluding hydrogens is 340 g/mol. The van der Waals surface area contributed by atoms with Crippen molar-refractivity contribution in [2.24, 2.45) is 5.92 Å². The van der Waals surface area contributed by atoms with Crippen molar-refractivity contribution in [1.29, 1.82) is 0 Å². The summed E-state index contributed by atoms with van der Waals surface area (Å²) >= 11 is 0. The average Bonchev–Trinajstić information content (AvgIpc) is 2.57. The molecule has 0 aliphatic rings. The molecule has 0 bridgehead atoms. The molecule has 0 heterocycles. The van der Waals surface area contributed by atoms with Crippen LogP contribution in [0, 0.1) is 5.92 Å². The molecule has 0 aliphatic heterocycles. The van der Waals surface area contributed by atoms with Gasteiger partial charge in [-0.25, -0.2) is 0 Å². The second-order valence-corrected chi connectivity index (χ2v) is 8.59. The number of hydrogen-bond acceptors (Lipinski definition) is 3. The van der Waals surface area contributed by atoms with Crippen molar-refractivity contribution in [3.8, 4) is 0 Å². The predicted octanol–water partition coefficient (Wildman–Crippen LogP) is 3.67. The van der Waals surface area contributed by atoms with Gasteiger partial charge < -0.3 is 15.4 Å². The van der Waals surface area contributed by atoms with E-state index >= 15 is 0 Å². The Kier molecular flexibility index (Phi) is 8.97. The molecule has 1 aromatic carbocycles. The third-order valence-electron chi connectivity index (χ3n) is 4.32. The SMILES string of the molecule is CC(C)OCCCNC(=O)C(NC(=O)c1ccc(C(C)(C)C)cc1)C(C)C. The second-order valence-electron chi connectivity index (χ2n) is 8.59. The minimum absolute atomic E-state index is 0.00490. The van der Waals surface area contributed by atoms with Crippen molar-refractivity contribution in [2.45, 2.75) is 72.4 Å². The lowest BCUT2D eigenvalue weighted by atomic mass is 9.86. The van der Waals surface area contributed by atoms with E-state index in [4.69, 9.17) is 4.74 Å². The van der Waals surface area contributed by atoms with Gasteiger partial charge in [-0.2, -0.15) is 0 Å². The fraction of sp³-hybridized carbons (Fsp3) is 0.636. The van der Waals surface area contributed by atoms with Gasteiger partial charge >= 0.3 is 0 Å². The first-order chi connectivity index (χ1) is 12.5. The van der Waals surface area contributed by atoms with Gasteiger partial charge in [-0.1, -0.05) is 46.8 Å². The topological polar surface area (TPSA) is 67.4 Å². The quantitative estimate of drug-likeness (QED) is 0.646. The molecule has 0 saturated carbocycles. The van der Waals surface area contributed by atoms with Gasteiger partial charge in [-0.3, -0.25) is 9.59 Å². The van der Waals surface area contributed by atoms with Crippen LogP contribution in [0.5, 0.6) is 0 Å². The Bertz CT molecular complexity index is 601. The summed E-state index contributed by atoms with van der Waals surface area (Å²) in [6.07, 6.45) is 0.935. The molecule has 1 atom stereocenters. The molecule has 2 amide bonds. The largest absolute Gasteiger partial charge is 0.379 e. The van der Waals surface area contributed by atoms with Crippen molar-refractivity contribution in [1.82, 2.24) is 10.6 Å². The molecule has 5 heteroatoms. The summed E-state index contributed by atoms with van der Waals surface area (Å²) < 4.78 is 5.47. The van der Waals surface area contributed by atoms with Crippen LogP contribution in [-0.2, 0) is 14.9 Å². The summed E-state index contributed by atoms with van der Waals surface area (Å²) in [6.45, 7) is 15.4. The van der Waals surface area contributed by atoms with Crippen LogP contribution in [0.2, 0.25) is 0 Å². The zero-order chi connectivity index (χ0) is 20.6. The zero-order valence-electron chi connectivity index (χ0n) is 17.9. The molecule has 0 aromatic heterocycles. The minimum atomic E-state index is -0.564. The van der Waals surface area contributed by atoms with Crippen LogP contribution in [0.4, 0.5) is 0 Å². The van der Waals surface area contributed by atoms with Gasteiger partial charge in [0.05, 0.1) is 6.10 Å². The first-order valence-corrected chi connectivity index (χ1v) is 9.83. The first-order valence-electron chi connectivity index (χ1n) is 9.83. The van der Waals surface area contributed by atoms with E-state index in [2.05, 4.69) is 31.4 Å². The van der Waals surface area contributed by atoms with Crippen molar-refractivity contribution in [3.05, 3.63) is 35.4 Å². The van der Waals surface area contributed by atoms with Crippen LogP contribution in [-0.4, -0.2) is 37.1 Å². The number of hydrogen-bond donors (Lipinski definition) is 2. The van der Waals surface area contributed by atoms with Gasteiger partial charge in [-0.15, -0.1) is 0 Å². The van der Waals surface area contributed by atoms with Crippen LogP contribution >= 0.6 is 0 Å². The number of ether oxygens (including phenoxy) is 1. The van der Waals surface area contributed by atoms with Crippen LogP contribution in [0.15, 0.2) is 24.3 Å². The number of amides is 2. The van der Waals surface area contributed by atoms with E-state index in [0.717, 1.165) is 6.42 Å².